The smallest absolute Gasteiger partial charge is 0.220 e. The molecule has 0 aliphatic rings. The molecule has 0 N–H and O–H groups in total. The average Bonchev–Trinajstić information content (AvgIpc) is 2.28. The predicted octanol–water partition coefficient (Wildman–Crippen LogP) is 3.47. The van der Waals surface area contributed by atoms with Crippen LogP contribution in [0, 0.1) is 0 Å². The zero-order valence-corrected chi connectivity index (χ0v) is 10.1. The molecule has 1 aromatic heterocycles. The van der Waals surface area contributed by atoms with E-state index in [9.17, 15) is 0 Å². The Morgan fingerprint density at radius 2 is 1.44 bits per heavy atom. The average molecular weight is 276 g/mol. The molecule has 0 saturated heterocycles. The highest BCUT2D eigenvalue weighted by molar-refractivity contribution is 6.32. The Labute approximate surface area is 107 Å². The van der Waals surface area contributed by atoms with Gasteiger partial charge in [-0.3, -0.25) is 0 Å². The van der Waals surface area contributed by atoms with Crippen LogP contribution in [0.2, 0.25) is 10.6 Å². The first-order valence-corrected chi connectivity index (χ1v) is 5.34. The summed E-state index contributed by atoms with van der Waals surface area (Å²) >= 11 is 17.3. The largest absolute Gasteiger partial charge is 0.250 e. The Hall–Kier alpha value is -1.10. The Morgan fingerprint density at radius 1 is 0.875 bits per heavy atom. The summed E-state index contributed by atoms with van der Waals surface area (Å²) in [5, 5.41) is -0.00633. The number of benzene rings is 1. The van der Waals surface area contributed by atoms with Crippen LogP contribution in [0.1, 0.15) is 0 Å². The first-order valence-electron chi connectivity index (χ1n) is 4.25. The fraction of sp³-hybridized carbons (Fsp3) is 0. The Bertz CT molecular complexity index is 471. The molecule has 2 aromatic rings. The van der Waals surface area contributed by atoms with E-state index in [0.29, 0.717) is 5.69 Å². The second kappa shape index (κ2) is 4.82. The van der Waals surface area contributed by atoms with E-state index in [2.05, 4.69) is 15.0 Å². The summed E-state index contributed by atoms with van der Waals surface area (Å²) in [6.45, 7) is 0. The number of nitrogens with zero attached hydrogens (tertiary/aromatic N) is 4. The second-order valence-electron chi connectivity index (χ2n) is 2.79. The van der Waals surface area contributed by atoms with Crippen molar-refractivity contribution in [1.29, 1.82) is 0 Å². The van der Waals surface area contributed by atoms with Gasteiger partial charge in [-0.1, -0.05) is 18.2 Å². The molecule has 0 bridgehead atoms. The van der Waals surface area contributed by atoms with Crippen molar-refractivity contribution in [2.24, 2.45) is 0 Å². The van der Waals surface area contributed by atoms with Crippen molar-refractivity contribution in [3.8, 4) is 0 Å². The van der Waals surface area contributed by atoms with Crippen molar-refractivity contribution in [1.82, 2.24) is 15.0 Å². The summed E-state index contributed by atoms with van der Waals surface area (Å²) < 4.78 is 1.25. The minimum absolute atomic E-state index is 0.00317. The van der Waals surface area contributed by atoms with E-state index >= 15 is 0 Å². The van der Waals surface area contributed by atoms with E-state index < -0.39 is 0 Å². The van der Waals surface area contributed by atoms with Crippen LogP contribution in [-0.4, -0.2) is 15.0 Å². The highest BCUT2D eigenvalue weighted by Crippen LogP contribution is 2.25. The number of anilines is 2. The Kier molecular flexibility index (Phi) is 3.43. The van der Waals surface area contributed by atoms with Crippen LogP contribution in [-0.2, 0) is 0 Å². The lowest BCUT2D eigenvalue weighted by atomic mass is 10.3. The van der Waals surface area contributed by atoms with Crippen LogP contribution in [0.3, 0.4) is 0 Å². The SMILES string of the molecule is Clc1nc(Cl)nc(N(Cl)c2ccccc2)n1. The molecule has 0 fully saturated rings. The number of halogens is 3. The molecular weight excluding hydrogens is 270 g/mol. The van der Waals surface area contributed by atoms with Gasteiger partial charge in [-0.15, -0.1) is 0 Å². The lowest BCUT2D eigenvalue weighted by Crippen LogP contribution is -2.07. The molecule has 16 heavy (non-hydrogen) atoms. The molecule has 1 aromatic carbocycles. The monoisotopic (exact) mass is 274 g/mol. The highest BCUT2D eigenvalue weighted by atomic mass is 35.5. The van der Waals surface area contributed by atoms with Gasteiger partial charge in [-0.05, 0) is 35.3 Å². The highest BCUT2D eigenvalue weighted by Gasteiger charge is 2.11. The first kappa shape index (κ1) is 11.4. The molecule has 0 atom stereocenters. The molecule has 0 aliphatic heterocycles. The maximum atomic E-state index is 6.04. The molecule has 0 saturated carbocycles. The van der Waals surface area contributed by atoms with Gasteiger partial charge in [0.15, 0.2) is 0 Å². The fourth-order valence-corrected chi connectivity index (χ4v) is 1.62. The van der Waals surface area contributed by atoms with Crippen LogP contribution in [0.15, 0.2) is 30.3 Å². The Morgan fingerprint density at radius 3 is 2.00 bits per heavy atom. The van der Waals surface area contributed by atoms with Crippen molar-refractivity contribution in [2.45, 2.75) is 0 Å². The van der Waals surface area contributed by atoms with E-state index in [0.717, 1.165) is 0 Å². The number of hydrogen-bond acceptors (Lipinski definition) is 4. The van der Waals surface area contributed by atoms with Crippen LogP contribution >= 0.6 is 35.0 Å². The summed E-state index contributed by atoms with van der Waals surface area (Å²) in [7, 11) is 0. The summed E-state index contributed by atoms with van der Waals surface area (Å²) in [5.41, 5.74) is 0.711. The van der Waals surface area contributed by atoms with Gasteiger partial charge in [-0.25, -0.2) is 4.42 Å². The van der Waals surface area contributed by atoms with Gasteiger partial charge in [0, 0.05) is 11.8 Å². The van der Waals surface area contributed by atoms with Crippen molar-refractivity contribution < 1.29 is 0 Å². The quantitative estimate of drug-likeness (QED) is 0.787. The van der Waals surface area contributed by atoms with E-state index in [1.54, 1.807) is 12.1 Å². The lowest BCUT2D eigenvalue weighted by molar-refractivity contribution is 1.03. The topological polar surface area (TPSA) is 41.9 Å². The predicted molar refractivity (Wildman–Crippen MR) is 64.3 cm³/mol. The lowest BCUT2D eigenvalue weighted by Gasteiger charge is -2.12. The van der Waals surface area contributed by atoms with Crippen LogP contribution in [0.25, 0.3) is 0 Å². The summed E-state index contributed by atoms with van der Waals surface area (Å²) in [5.74, 6) is 0.179. The molecule has 82 valence electrons. The summed E-state index contributed by atoms with van der Waals surface area (Å²) in [6, 6.07) is 9.17. The molecule has 0 aliphatic carbocycles. The van der Waals surface area contributed by atoms with Crippen LogP contribution < -0.4 is 4.42 Å². The number of para-hydroxylation sites is 1. The molecule has 0 amide bonds. The van der Waals surface area contributed by atoms with Gasteiger partial charge in [0.1, 0.15) is 0 Å². The molecule has 1 heterocycles. The van der Waals surface area contributed by atoms with Gasteiger partial charge < -0.3 is 0 Å². The van der Waals surface area contributed by atoms with Gasteiger partial charge >= 0.3 is 0 Å². The molecule has 7 heteroatoms. The molecule has 0 spiro atoms. The zero-order chi connectivity index (χ0) is 11.5. The van der Waals surface area contributed by atoms with Crippen molar-refractivity contribution in [3.05, 3.63) is 40.9 Å². The maximum absolute atomic E-state index is 6.04. The molecule has 0 unspecified atom stereocenters. The van der Waals surface area contributed by atoms with Crippen LogP contribution in [0.5, 0.6) is 0 Å². The third kappa shape index (κ3) is 2.52. The minimum Gasteiger partial charge on any atom is -0.220 e. The van der Waals surface area contributed by atoms with Gasteiger partial charge in [-0.2, -0.15) is 15.0 Å². The van der Waals surface area contributed by atoms with Gasteiger partial charge in [0.25, 0.3) is 5.95 Å². The van der Waals surface area contributed by atoms with E-state index in [-0.39, 0.29) is 16.5 Å². The van der Waals surface area contributed by atoms with Gasteiger partial charge in [0.2, 0.25) is 10.6 Å². The van der Waals surface area contributed by atoms with E-state index in [1.807, 2.05) is 18.2 Å². The van der Waals surface area contributed by atoms with Crippen molar-refractivity contribution in [2.75, 3.05) is 4.42 Å². The summed E-state index contributed by atoms with van der Waals surface area (Å²) in [4.78, 5) is 11.4. The van der Waals surface area contributed by atoms with Crippen molar-refractivity contribution in [3.63, 3.8) is 0 Å². The van der Waals surface area contributed by atoms with E-state index in [4.69, 9.17) is 35.0 Å². The number of rotatable bonds is 2. The number of aromatic nitrogens is 3. The maximum Gasteiger partial charge on any atom is 0.250 e. The molecule has 0 radical (unpaired) electrons. The third-order valence-electron chi connectivity index (χ3n) is 1.73. The molecular formula is C9H5Cl3N4. The first-order chi connectivity index (χ1) is 7.66. The minimum atomic E-state index is -0.00317. The fourth-order valence-electron chi connectivity index (χ4n) is 1.08. The standard InChI is InChI=1S/C9H5Cl3N4/c10-7-13-8(11)15-9(14-7)16(12)6-4-2-1-3-5-6/h1-5H. The van der Waals surface area contributed by atoms with Crippen LogP contribution in [0.4, 0.5) is 11.6 Å². The van der Waals surface area contributed by atoms with Crippen molar-refractivity contribution >= 4 is 46.6 Å². The Balaban J connectivity index is 2.37. The summed E-state index contributed by atoms with van der Waals surface area (Å²) in [6.07, 6.45) is 0. The second-order valence-corrected chi connectivity index (χ2v) is 3.80. The van der Waals surface area contributed by atoms with E-state index in [1.165, 1.54) is 4.42 Å². The molecule has 4 nitrogen and oxygen atoms in total. The third-order valence-corrected chi connectivity index (χ3v) is 2.41. The molecule has 2 rings (SSSR count). The zero-order valence-electron chi connectivity index (χ0n) is 7.81. The number of hydrogen-bond donors (Lipinski definition) is 0. The normalized spacial score (nSPS) is 10.2. The van der Waals surface area contributed by atoms with Gasteiger partial charge in [0.05, 0.1) is 5.69 Å².